The molecule has 110 valence electrons. The molecule has 2 aromatic rings. The van der Waals surface area contributed by atoms with Crippen molar-refractivity contribution in [2.45, 2.75) is 12.8 Å². The Morgan fingerprint density at radius 1 is 1.05 bits per heavy atom. The van der Waals surface area contributed by atoms with Gasteiger partial charge in [0.1, 0.15) is 17.3 Å². The number of anilines is 4. The summed E-state index contributed by atoms with van der Waals surface area (Å²) in [6.45, 7) is 1.66. The second-order valence-corrected chi connectivity index (χ2v) is 4.73. The van der Waals surface area contributed by atoms with Gasteiger partial charge in [0.2, 0.25) is 17.8 Å². The molecule has 21 heavy (non-hydrogen) atoms. The Morgan fingerprint density at radius 2 is 1.71 bits per heavy atom. The molecule has 2 heterocycles. The minimum Gasteiger partial charge on any atom is -0.368 e. The van der Waals surface area contributed by atoms with Crippen molar-refractivity contribution in [1.82, 2.24) is 15.0 Å². The maximum absolute atomic E-state index is 13.6. The Balaban J connectivity index is 1.91. The number of hydrogen-bond donors (Lipinski definition) is 2. The normalized spacial score (nSPS) is 14.5. The molecule has 1 aliphatic heterocycles. The van der Waals surface area contributed by atoms with Crippen LogP contribution in [-0.4, -0.2) is 28.0 Å². The number of hydrogen-bond acceptors (Lipinski definition) is 6. The van der Waals surface area contributed by atoms with Crippen molar-refractivity contribution >= 4 is 23.5 Å². The van der Waals surface area contributed by atoms with Crippen LogP contribution in [0.25, 0.3) is 0 Å². The number of nitrogens with one attached hydrogen (secondary N) is 1. The number of aromatic nitrogens is 3. The van der Waals surface area contributed by atoms with Gasteiger partial charge in [-0.3, -0.25) is 0 Å². The minimum absolute atomic E-state index is 0.00569. The second-order valence-electron chi connectivity index (χ2n) is 4.73. The highest BCUT2D eigenvalue weighted by Crippen LogP contribution is 2.23. The predicted molar refractivity (Wildman–Crippen MR) is 75.3 cm³/mol. The van der Waals surface area contributed by atoms with Crippen LogP contribution in [0, 0.1) is 11.6 Å². The molecule has 1 aliphatic rings. The molecular weight excluding hydrogens is 278 g/mol. The van der Waals surface area contributed by atoms with Crippen LogP contribution in [0.4, 0.5) is 32.3 Å². The van der Waals surface area contributed by atoms with Crippen LogP contribution in [0.15, 0.2) is 18.2 Å². The van der Waals surface area contributed by atoms with Crippen molar-refractivity contribution < 1.29 is 8.78 Å². The van der Waals surface area contributed by atoms with Crippen LogP contribution < -0.4 is 16.0 Å². The van der Waals surface area contributed by atoms with Crippen LogP contribution >= 0.6 is 0 Å². The zero-order valence-corrected chi connectivity index (χ0v) is 11.2. The molecule has 0 radical (unpaired) electrons. The standard InChI is InChI=1S/C13H14F2N6/c14-8-4-3-5-9(15)10(8)17-12-18-11(16)19-13(20-12)21-6-1-2-7-21/h3-5H,1-2,6-7H2,(H3,16,17,18,19,20). The van der Waals surface area contributed by atoms with Crippen LogP contribution in [-0.2, 0) is 0 Å². The summed E-state index contributed by atoms with van der Waals surface area (Å²) in [5, 5.41) is 2.53. The van der Waals surface area contributed by atoms with Crippen LogP contribution in [0.5, 0.6) is 0 Å². The SMILES string of the molecule is Nc1nc(Nc2c(F)cccc2F)nc(N2CCCC2)n1. The van der Waals surface area contributed by atoms with E-state index in [1.165, 1.54) is 6.07 Å². The summed E-state index contributed by atoms with van der Waals surface area (Å²) in [4.78, 5) is 14.1. The number of halogens is 2. The Kier molecular flexibility index (Phi) is 3.51. The lowest BCUT2D eigenvalue weighted by molar-refractivity contribution is 0.590. The molecule has 0 bridgehead atoms. The summed E-state index contributed by atoms with van der Waals surface area (Å²) in [6, 6.07) is 3.59. The number of nitrogens with two attached hydrogens (primary N) is 1. The highest BCUT2D eigenvalue weighted by atomic mass is 19.1. The van der Waals surface area contributed by atoms with Gasteiger partial charge < -0.3 is 16.0 Å². The third kappa shape index (κ3) is 2.83. The molecule has 3 rings (SSSR count). The summed E-state index contributed by atoms with van der Waals surface area (Å²) in [7, 11) is 0. The minimum atomic E-state index is -0.725. The number of nitrogen functional groups attached to an aromatic ring is 1. The zero-order valence-electron chi connectivity index (χ0n) is 11.2. The fourth-order valence-corrected chi connectivity index (χ4v) is 2.22. The van der Waals surface area contributed by atoms with Crippen molar-refractivity contribution in [2.24, 2.45) is 0 Å². The maximum atomic E-state index is 13.6. The first-order valence-electron chi connectivity index (χ1n) is 6.61. The smallest absolute Gasteiger partial charge is 0.233 e. The van der Waals surface area contributed by atoms with Gasteiger partial charge in [-0.15, -0.1) is 0 Å². The number of benzene rings is 1. The number of nitrogens with zero attached hydrogens (tertiary/aromatic N) is 4. The third-order valence-corrected chi connectivity index (χ3v) is 3.23. The third-order valence-electron chi connectivity index (χ3n) is 3.23. The van der Waals surface area contributed by atoms with Gasteiger partial charge in [-0.25, -0.2) is 8.78 Å². The van der Waals surface area contributed by atoms with E-state index in [9.17, 15) is 8.78 Å². The van der Waals surface area contributed by atoms with E-state index in [0.717, 1.165) is 38.1 Å². The average Bonchev–Trinajstić information content (AvgIpc) is 2.97. The quantitative estimate of drug-likeness (QED) is 0.901. The Morgan fingerprint density at radius 3 is 2.38 bits per heavy atom. The first-order valence-corrected chi connectivity index (χ1v) is 6.61. The van der Waals surface area contributed by atoms with Gasteiger partial charge in [-0.1, -0.05) is 6.07 Å². The Labute approximate surface area is 120 Å². The molecule has 0 unspecified atom stereocenters. The number of rotatable bonds is 3. The van der Waals surface area contributed by atoms with Crippen molar-refractivity contribution in [3.63, 3.8) is 0 Å². The van der Waals surface area contributed by atoms with E-state index in [1.54, 1.807) is 0 Å². The molecule has 1 aromatic heterocycles. The fraction of sp³-hybridized carbons (Fsp3) is 0.308. The molecule has 0 spiro atoms. The topological polar surface area (TPSA) is 80.0 Å². The molecule has 6 nitrogen and oxygen atoms in total. The molecule has 1 saturated heterocycles. The van der Waals surface area contributed by atoms with Gasteiger partial charge in [0.05, 0.1) is 0 Å². The van der Waals surface area contributed by atoms with Crippen molar-refractivity contribution in [2.75, 3.05) is 29.0 Å². The first kappa shape index (κ1) is 13.5. The molecular formula is C13H14F2N6. The molecule has 1 aromatic carbocycles. The molecule has 0 atom stereocenters. The van der Waals surface area contributed by atoms with E-state index in [-0.39, 0.29) is 17.6 Å². The van der Waals surface area contributed by atoms with E-state index in [1.807, 2.05) is 4.90 Å². The number of para-hydroxylation sites is 1. The maximum Gasteiger partial charge on any atom is 0.233 e. The second kappa shape index (κ2) is 5.47. The Hall–Kier alpha value is -2.51. The summed E-state index contributed by atoms with van der Waals surface area (Å²) in [5.74, 6) is -1.01. The molecule has 8 heteroatoms. The predicted octanol–water partition coefficient (Wildman–Crippen LogP) is 2.08. The van der Waals surface area contributed by atoms with Gasteiger partial charge >= 0.3 is 0 Å². The van der Waals surface area contributed by atoms with Crippen LogP contribution in [0.3, 0.4) is 0 Å². The Bertz CT molecular complexity index is 637. The monoisotopic (exact) mass is 292 g/mol. The van der Waals surface area contributed by atoms with Gasteiger partial charge in [0.25, 0.3) is 0 Å². The van der Waals surface area contributed by atoms with Crippen molar-refractivity contribution in [3.05, 3.63) is 29.8 Å². The van der Waals surface area contributed by atoms with Gasteiger partial charge in [-0.05, 0) is 25.0 Å². The largest absolute Gasteiger partial charge is 0.368 e. The van der Waals surface area contributed by atoms with Crippen LogP contribution in [0.2, 0.25) is 0 Å². The van der Waals surface area contributed by atoms with Gasteiger partial charge in [0.15, 0.2) is 0 Å². The summed E-state index contributed by atoms with van der Waals surface area (Å²) >= 11 is 0. The molecule has 1 fully saturated rings. The average molecular weight is 292 g/mol. The van der Waals surface area contributed by atoms with E-state index in [4.69, 9.17) is 5.73 Å². The van der Waals surface area contributed by atoms with E-state index in [2.05, 4.69) is 20.3 Å². The lowest BCUT2D eigenvalue weighted by atomic mass is 10.3. The fourth-order valence-electron chi connectivity index (χ4n) is 2.22. The van der Waals surface area contributed by atoms with Gasteiger partial charge in [-0.2, -0.15) is 15.0 Å². The van der Waals surface area contributed by atoms with E-state index < -0.39 is 11.6 Å². The van der Waals surface area contributed by atoms with Gasteiger partial charge in [0, 0.05) is 13.1 Å². The highest BCUT2D eigenvalue weighted by molar-refractivity contribution is 5.57. The molecule has 0 amide bonds. The van der Waals surface area contributed by atoms with Crippen molar-refractivity contribution in [3.8, 4) is 0 Å². The molecule has 0 saturated carbocycles. The first-order chi connectivity index (χ1) is 10.1. The summed E-state index contributed by atoms with van der Waals surface area (Å²) < 4.78 is 27.2. The molecule has 0 aliphatic carbocycles. The van der Waals surface area contributed by atoms with Crippen LogP contribution in [0.1, 0.15) is 12.8 Å². The van der Waals surface area contributed by atoms with E-state index in [0.29, 0.717) is 5.95 Å². The molecule has 3 N–H and O–H groups in total. The summed E-state index contributed by atoms with van der Waals surface area (Å²) in [6.07, 6.45) is 2.10. The highest BCUT2D eigenvalue weighted by Gasteiger charge is 2.18. The van der Waals surface area contributed by atoms with Crippen molar-refractivity contribution in [1.29, 1.82) is 0 Å². The lowest BCUT2D eigenvalue weighted by Gasteiger charge is -2.16. The lowest BCUT2D eigenvalue weighted by Crippen LogP contribution is -2.22. The van der Waals surface area contributed by atoms with E-state index >= 15 is 0 Å². The summed E-state index contributed by atoms with van der Waals surface area (Å²) in [5.41, 5.74) is 5.33. The zero-order chi connectivity index (χ0) is 14.8.